The molecule has 2 rings (SSSR count). The van der Waals surface area contributed by atoms with Crippen molar-refractivity contribution in [1.29, 1.82) is 0 Å². The van der Waals surface area contributed by atoms with E-state index in [-0.39, 0.29) is 5.82 Å². The zero-order valence-electron chi connectivity index (χ0n) is 10.7. The molecule has 0 saturated carbocycles. The lowest BCUT2D eigenvalue weighted by atomic mass is 10.2. The van der Waals surface area contributed by atoms with E-state index in [2.05, 4.69) is 4.98 Å². The van der Waals surface area contributed by atoms with Crippen LogP contribution >= 0.6 is 23.6 Å². The SMILES string of the molecule is CCOC(=O)/C=c1\[nH]c(=S)s\c1=C/c1cccc(F)c1. The number of halogens is 1. The molecule has 0 aliphatic carbocycles. The molecular weight excluding hydrogens is 297 g/mol. The smallest absolute Gasteiger partial charge is 0.332 e. The van der Waals surface area contributed by atoms with Gasteiger partial charge in [-0.15, -0.1) is 11.3 Å². The van der Waals surface area contributed by atoms with Crippen molar-refractivity contribution in [3.8, 4) is 0 Å². The number of thiazole rings is 1. The summed E-state index contributed by atoms with van der Waals surface area (Å²) in [6.07, 6.45) is 3.12. The van der Waals surface area contributed by atoms with Crippen molar-refractivity contribution in [2.45, 2.75) is 6.92 Å². The number of hydrogen-bond acceptors (Lipinski definition) is 4. The Bertz CT molecular complexity index is 792. The lowest BCUT2D eigenvalue weighted by molar-refractivity contribution is -0.135. The van der Waals surface area contributed by atoms with Crippen LogP contribution in [0.2, 0.25) is 0 Å². The summed E-state index contributed by atoms with van der Waals surface area (Å²) in [5.41, 5.74) is 0.703. The van der Waals surface area contributed by atoms with Crippen molar-refractivity contribution < 1.29 is 13.9 Å². The number of aromatic nitrogens is 1. The highest BCUT2D eigenvalue weighted by Crippen LogP contribution is 2.03. The molecule has 104 valence electrons. The van der Waals surface area contributed by atoms with E-state index in [1.165, 1.54) is 29.5 Å². The van der Waals surface area contributed by atoms with Gasteiger partial charge in [-0.25, -0.2) is 9.18 Å². The summed E-state index contributed by atoms with van der Waals surface area (Å²) in [5.74, 6) is -0.751. The van der Waals surface area contributed by atoms with E-state index < -0.39 is 5.97 Å². The van der Waals surface area contributed by atoms with Gasteiger partial charge in [-0.2, -0.15) is 0 Å². The van der Waals surface area contributed by atoms with Gasteiger partial charge in [-0.1, -0.05) is 12.1 Å². The first kappa shape index (κ1) is 14.6. The lowest BCUT2D eigenvalue weighted by Crippen LogP contribution is -2.23. The van der Waals surface area contributed by atoms with E-state index in [0.29, 0.717) is 21.5 Å². The number of benzene rings is 1. The quantitative estimate of drug-likeness (QED) is 0.697. The molecule has 0 unspecified atom stereocenters. The van der Waals surface area contributed by atoms with Crippen molar-refractivity contribution in [1.82, 2.24) is 4.98 Å². The molecule has 1 N–H and O–H groups in total. The molecule has 0 aliphatic rings. The number of aromatic amines is 1. The fourth-order valence-electron chi connectivity index (χ4n) is 1.62. The molecule has 0 atom stereocenters. The maximum atomic E-state index is 13.2. The Hall–Kier alpha value is -1.79. The second-order valence-electron chi connectivity index (χ2n) is 3.89. The number of ether oxygens (including phenoxy) is 1. The van der Waals surface area contributed by atoms with Crippen LogP contribution in [0.25, 0.3) is 12.2 Å². The zero-order chi connectivity index (χ0) is 14.5. The van der Waals surface area contributed by atoms with Crippen LogP contribution in [-0.4, -0.2) is 17.6 Å². The van der Waals surface area contributed by atoms with Crippen molar-refractivity contribution in [3.05, 3.63) is 49.5 Å². The van der Waals surface area contributed by atoms with Crippen LogP contribution in [-0.2, 0) is 9.53 Å². The van der Waals surface area contributed by atoms with Crippen LogP contribution < -0.4 is 9.88 Å². The minimum Gasteiger partial charge on any atom is -0.463 e. The van der Waals surface area contributed by atoms with E-state index in [4.69, 9.17) is 17.0 Å². The van der Waals surface area contributed by atoms with Crippen LogP contribution in [0, 0.1) is 9.77 Å². The number of H-pyrrole nitrogens is 1. The minimum absolute atomic E-state index is 0.309. The highest BCUT2D eigenvalue weighted by Gasteiger charge is 1.99. The molecule has 1 aromatic carbocycles. The number of carbonyl (C=O) groups excluding carboxylic acids is 1. The Morgan fingerprint density at radius 1 is 1.55 bits per heavy atom. The van der Waals surface area contributed by atoms with E-state index in [0.717, 1.165) is 4.53 Å². The fraction of sp³-hybridized carbons (Fsp3) is 0.143. The van der Waals surface area contributed by atoms with Gasteiger partial charge in [-0.05, 0) is 42.9 Å². The standard InChI is InChI=1S/C14H12FNO2S2/c1-2-18-13(17)8-11-12(20-14(19)16-11)7-9-4-3-5-10(15)6-9/h3-8H,2H2,1H3,(H,16,19)/b11-8-,12-7-. The molecule has 0 radical (unpaired) electrons. The Labute approximate surface area is 124 Å². The van der Waals surface area contributed by atoms with Crippen LogP contribution in [0.5, 0.6) is 0 Å². The van der Waals surface area contributed by atoms with E-state index in [1.54, 1.807) is 25.1 Å². The van der Waals surface area contributed by atoms with E-state index in [9.17, 15) is 9.18 Å². The van der Waals surface area contributed by atoms with Crippen LogP contribution in [0.1, 0.15) is 12.5 Å². The van der Waals surface area contributed by atoms with Gasteiger partial charge < -0.3 is 9.72 Å². The number of carbonyl (C=O) groups is 1. The van der Waals surface area contributed by atoms with Crippen molar-refractivity contribution in [3.63, 3.8) is 0 Å². The Kier molecular flexibility index (Phi) is 4.81. The van der Waals surface area contributed by atoms with Gasteiger partial charge in [0.05, 0.1) is 16.5 Å². The van der Waals surface area contributed by atoms with Crippen molar-refractivity contribution >= 4 is 41.7 Å². The first-order chi connectivity index (χ1) is 9.58. The predicted octanol–water partition coefficient (Wildman–Crippen LogP) is 2.12. The topological polar surface area (TPSA) is 42.1 Å². The zero-order valence-corrected chi connectivity index (χ0v) is 12.3. The number of esters is 1. The molecule has 0 spiro atoms. The molecular formula is C14H12FNO2S2. The summed E-state index contributed by atoms with van der Waals surface area (Å²) in [5, 5.41) is 0.572. The van der Waals surface area contributed by atoms with Crippen LogP contribution in [0.3, 0.4) is 0 Å². The molecule has 1 aromatic heterocycles. The molecule has 0 bridgehead atoms. The Morgan fingerprint density at radius 2 is 2.35 bits per heavy atom. The highest BCUT2D eigenvalue weighted by molar-refractivity contribution is 7.73. The molecule has 0 fully saturated rings. The predicted molar refractivity (Wildman–Crippen MR) is 79.8 cm³/mol. The second kappa shape index (κ2) is 6.58. The number of nitrogens with one attached hydrogen (secondary N) is 1. The second-order valence-corrected chi connectivity index (χ2v) is 5.61. The minimum atomic E-state index is -0.439. The Morgan fingerprint density at radius 3 is 3.05 bits per heavy atom. The average Bonchev–Trinajstić information content (AvgIpc) is 2.69. The third-order valence-corrected chi connectivity index (χ3v) is 3.60. The van der Waals surface area contributed by atoms with Gasteiger partial charge in [-0.3, -0.25) is 0 Å². The van der Waals surface area contributed by atoms with Gasteiger partial charge in [0.25, 0.3) is 0 Å². The first-order valence-electron chi connectivity index (χ1n) is 5.93. The summed E-state index contributed by atoms with van der Waals surface area (Å²) >= 11 is 6.39. The van der Waals surface area contributed by atoms with Crippen LogP contribution in [0.15, 0.2) is 24.3 Å². The largest absolute Gasteiger partial charge is 0.463 e. The van der Waals surface area contributed by atoms with E-state index in [1.807, 2.05) is 0 Å². The first-order valence-corrected chi connectivity index (χ1v) is 7.16. The summed E-state index contributed by atoms with van der Waals surface area (Å²) in [7, 11) is 0. The third-order valence-electron chi connectivity index (χ3n) is 2.40. The maximum Gasteiger partial charge on any atom is 0.332 e. The Balaban J connectivity index is 2.53. The number of hydrogen-bond donors (Lipinski definition) is 1. The van der Waals surface area contributed by atoms with Gasteiger partial charge in [0, 0.05) is 6.08 Å². The van der Waals surface area contributed by atoms with Gasteiger partial charge in [0.15, 0.2) is 3.95 Å². The van der Waals surface area contributed by atoms with Crippen molar-refractivity contribution in [2.24, 2.45) is 0 Å². The third kappa shape index (κ3) is 3.85. The molecule has 6 heteroatoms. The molecule has 0 amide bonds. The molecule has 20 heavy (non-hydrogen) atoms. The van der Waals surface area contributed by atoms with Gasteiger partial charge in [0.1, 0.15) is 5.82 Å². The summed E-state index contributed by atoms with van der Waals surface area (Å²) in [6.45, 7) is 2.05. The average molecular weight is 309 g/mol. The molecule has 3 nitrogen and oxygen atoms in total. The van der Waals surface area contributed by atoms with E-state index >= 15 is 0 Å². The molecule has 2 aromatic rings. The van der Waals surface area contributed by atoms with Crippen LogP contribution in [0.4, 0.5) is 4.39 Å². The molecule has 0 saturated heterocycles. The summed E-state index contributed by atoms with van der Waals surface area (Å²) in [6, 6.07) is 6.20. The maximum absolute atomic E-state index is 13.2. The lowest BCUT2D eigenvalue weighted by Gasteiger charge is -1.93. The molecule has 1 heterocycles. The normalized spacial score (nSPS) is 12.7. The molecule has 0 aliphatic heterocycles. The fourth-order valence-corrected chi connectivity index (χ4v) is 2.77. The summed E-state index contributed by atoms with van der Waals surface area (Å²) in [4.78, 5) is 14.4. The monoisotopic (exact) mass is 309 g/mol. The van der Waals surface area contributed by atoms with Gasteiger partial charge in [0.2, 0.25) is 0 Å². The highest BCUT2D eigenvalue weighted by atomic mass is 32.1. The summed E-state index contributed by atoms with van der Waals surface area (Å²) < 4.78 is 19.3. The van der Waals surface area contributed by atoms with Gasteiger partial charge >= 0.3 is 5.97 Å². The van der Waals surface area contributed by atoms with Crippen molar-refractivity contribution in [2.75, 3.05) is 6.61 Å². The number of rotatable bonds is 3.